The van der Waals surface area contributed by atoms with Gasteiger partial charge in [0.25, 0.3) is 5.91 Å². The molecule has 0 aliphatic carbocycles. The number of benzene rings is 3. The molecule has 2 N–H and O–H groups in total. The van der Waals surface area contributed by atoms with Crippen molar-refractivity contribution in [1.29, 1.82) is 0 Å². The summed E-state index contributed by atoms with van der Waals surface area (Å²) in [6, 6.07) is 16.0. The van der Waals surface area contributed by atoms with E-state index in [1.165, 1.54) is 42.5 Å². The lowest BCUT2D eigenvalue weighted by atomic mass is 9.57. The fraction of sp³-hybridized carbons (Fsp3) is 0.250. The molecule has 4 heterocycles. The van der Waals surface area contributed by atoms with E-state index in [2.05, 4.69) is 10.6 Å². The molecule has 4 aliphatic heterocycles. The highest BCUT2D eigenvalue weighted by atomic mass is 19.1. The van der Waals surface area contributed by atoms with Crippen LogP contribution in [0, 0.1) is 17.6 Å². The van der Waals surface area contributed by atoms with E-state index in [0.29, 0.717) is 35.5 Å². The molecule has 3 aromatic rings. The standard InChI is InChI=1S/C28H21F2N3O3/c29-16-9-7-15(8-10-16)24(34)23-22-6-3-13-33(22)28(19-14-17(30)11-12-21(19)32-26(28)36)27(23)18-4-1-2-5-20(18)31-25(27)35/h1-2,4-5,7-12,14,22-23H,3,6,13H2,(H,31,35)(H,32,36)/t22-,23-,27+,28+/m0/s1. The number of para-hydroxylation sites is 1. The molecular formula is C28H21F2N3O3. The van der Waals surface area contributed by atoms with Gasteiger partial charge < -0.3 is 10.6 Å². The largest absolute Gasteiger partial charge is 0.325 e. The van der Waals surface area contributed by atoms with Crippen molar-refractivity contribution < 1.29 is 23.2 Å². The zero-order valence-electron chi connectivity index (χ0n) is 19.1. The van der Waals surface area contributed by atoms with Gasteiger partial charge in [-0.05, 0) is 73.5 Å². The third-order valence-electron chi connectivity index (χ3n) is 8.47. The average Bonchev–Trinajstić information content (AvgIpc) is 3.58. The Hall–Kier alpha value is -3.91. The summed E-state index contributed by atoms with van der Waals surface area (Å²) >= 11 is 0. The topological polar surface area (TPSA) is 78.5 Å². The van der Waals surface area contributed by atoms with Crippen LogP contribution in [0.25, 0.3) is 0 Å². The molecular weight excluding hydrogens is 464 g/mol. The summed E-state index contributed by atoms with van der Waals surface area (Å²) in [5.41, 5.74) is -1.15. The first kappa shape index (κ1) is 21.4. The average molecular weight is 485 g/mol. The summed E-state index contributed by atoms with van der Waals surface area (Å²) in [7, 11) is 0. The maximum Gasteiger partial charge on any atom is 0.251 e. The summed E-state index contributed by atoms with van der Waals surface area (Å²) < 4.78 is 28.5. The van der Waals surface area contributed by atoms with E-state index in [1.54, 1.807) is 24.3 Å². The Morgan fingerprint density at radius 3 is 2.36 bits per heavy atom. The Balaban J connectivity index is 1.59. The minimum Gasteiger partial charge on any atom is -0.325 e. The van der Waals surface area contributed by atoms with Crippen LogP contribution in [0.3, 0.4) is 0 Å². The van der Waals surface area contributed by atoms with Crippen LogP contribution in [0.4, 0.5) is 20.2 Å². The molecule has 2 amide bonds. The first-order chi connectivity index (χ1) is 17.4. The normalized spacial score (nSPS) is 29.8. The molecule has 36 heavy (non-hydrogen) atoms. The molecule has 2 fully saturated rings. The lowest BCUT2D eigenvalue weighted by Gasteiger charge is -2.43. The molecule has 0 unspecified atom stereocenters. The number of amides is 2. The molecule has 180 valence electrons. The SMILES string of the molecule is O=C(c1ccc(F)cc1)[C@@H]1[C@@H]2CCCN2[C@]2(C(=O)Nc3ccc(F)cc32)[C@@]12C(=O)Nc1ccccc12. The zero-order valence-corrected chi connectivity index (χ0v) is 19.1. The summed E-state index contributed by atoms with van der Waals surface area (Å²) in [5.74, 6) is -3.21. The molecule has 2 saturated heterocycles. The smallest absolute Gasteiger partial charge is 0.251 e. The summed E-state index contributed by atoms with van der Waals surface area (Å²) in [6.07, 6.45) is 1.31. The predicted molar refractivity (Wildman–Crippen MR) is 127 cm³/mol. The maximum atomic E-state index is 14.7. The lowest BCUT2D eigenvalue weighted by Crippen LogP contribution is -2.62. The number of anilines is 2. The molecule has 0 saturated carbocycles. The molecule has 0 aromatic heterocycles. The summed E-state index contributed by atoms with van der Waals surface area (Å²) in [4.78, 5) is 44.7. The van der Waals surface area contributed by atoms with Crippen molar-refractivity contribution in [3.63, 3.8) is 0 Å². The van der Waals surface area contributed by atoms with E-state index >= 15 is 0 Å². The molecule has 6 nitrogen and oxygen atoms in total. The number of Topliss-reactive ketones (excluding diaryl/α,β-unsaturated/α-hetero) is 1. The van der Waals surface area contributed by atoms with E-state index in [-0.39, 0.29) is 11.3 Å². The second kappa shape index (κ2) is 7.07. The lowest BCUT2D eigenvalue weighted by molar-refractivity contribution is -0.137. The highest BCUT2D eigenvalue weighted by molar-refractivity contribution is 6.21. The van der Waals surface area contributed by atoms with Crippen LogP contribution in [0.5, 0.6) is 0 Å². The second-order valence-electron chi connectivity index (χ2n) is 9.91. The predicted octanol–water partition coefficient (Wildman–Crippen LogP) is 3.98. The molecule has 2 spiro atoms. The zero-order chi connectivity index (χ0) is 24.8. The third-order valence-corrected chi connectivity index (χ3v) is 8.47. The Morgan fingerprint density at radius 1 is 0.861 bits per heavy atom. The third kappa shape index (κ3) is 2.31. The first-order valence-electron chi connectivity index (χ1n) is 12.0. The highest BCUT2D eigenvalue weighted by Crippen LogP contribution is 2.67. The number of nitrogens with one attached hydrogen (secondary N) is 2. The van der Waals surface area contributed by atoms with Crippen LogP contribution in [0.2, 0.25) is 0 Å². The number of carbonyl (C=O) groups excluding carboxylic acids is 3. The van der Waals surface area contributed by atoms with Crippen LogP contribution < -0.4 is 10.6 Å². The van der Waals surface area contributed by atoms with E-state index in [9.17, 15) is 23.2 Å². The van der Waals surface area contributed by atoms with Gasteiger partial charge in [0.2, 0.25) is 5.91 Å². The van der Waals surface area contributed by atoms with Crippen LogP contribution in [-0.4, -0.2) is 35.1 Å². The van der Waals surface area contributed by atoms with Crippen molar-refractivity contribution in [2.45, 2.75) is 29.8 Å². The van der Waals surface area contributed by atoms with Gasteiger partial charge in [-0.25, -0.2) is 8.78 Å². The van der Waals surface area contributed by atoms with Gasteiger partial charge in [0.1, 0.15) is 22.6 Å². The molecule has 8 heteroatoms. The number of hydrogen-bond acceptors (Lipinski definition) is 4. The molecule has 0 bridgehead atoms. The maximum absolute atomic E-state index is 14.7. The van der Waals surface area contributed by atoms with Crippen molar-refractivity contribution in [3.8, 4) is 0 Å². The number of nitrogens with zero attached hydrogens (tertiary/aromatic N) is 1. The van der Waals surface area contributed by atoms with Crippen molar-refractivity contribution in [2.75, 3.05) is 17.2 Å². The Morgan fingerprint density at radius 2 is 1.56 bits per heavy atom. The number of fused-ring (bicyclic) bond motifs is 7. The molecule has 4 aliphatic rings. The Kier molecular flexibility index (Phi) is 4.20. The van der Waals surface area contributed by atoms with Crippen molar-refractivity contribution in [1.82, 2.24) is 4.90 Å². The fourth-order valence-electron chi connectivity index (χ4n) is 7.34. The number of ketones is 1. The van der Waals surface area contributed by atoms with Crippen molar-refractivity contribution in [2.24, 2.45) is 5.92 Å². The van der Waals surface area contributed by atoms with Gasteiger partial charge in [-0.3, -0.25) is 19.3 Å². The minimum atomic E-state index is -1.65. The van der Waals surface area contributed by atoms with Crippen LogP contribution in [-0.2, 0) is 20.5 Å². The van der Waals surface area contributed by atoms with E-state index in [1.807, 2.05) is 4.90 Å². The van der Waals surface area contributed by atoms with Crippen molar-refractivity contribution >= 4 is 29.0 Å². The molecule has 4 atom stereocenters. The molecule has 0 radical (unpaired) electrons. The van der Waals surface area contributed by atoms with Gasteiger partial charge in [0.15, 0.2) is 5.78 Å². The van der Waals surface area contributed by atoms with Crippen LogP contribution in [0.15, 0.2) is 66.7 Å². The molecule has 3 aromatic carbocycles. The number of hydrogen-bond donors (Lipinski definition) is 2. The quantitative estimate of drug-likeness (QED) is 0.539. The number of rotatable bonds is 2. The summed E-state index contributed by atoms with van der Waals surface area (Å²) in [6.45, 7) is 0.471. The van der Waals surface area contributed by atoms with Gasteiger partial charge in [0.05, 0.1) is 5.92 Å². The Bertz CT molecular complexity index is 1490. The van der Waals surface area contributed by atoms with E-state index < -0.39 is 46.4 Å². The van der Waals surface area contributed by atoms with E-state index in [0.717, 1.165) is 6.42 Å². The number of carbonyl (C=O) groups is 3. The van der Waals surface area contributed by atoms with Gasteiger partial charge >= 0.3 is 0 Å². The van der Waals surface area contributed by atoms with Gasteiger partial charge in [0, 0.05) is 28.5 Å². The van der Waals surface area contributed by atoms with Crippen LogP contribution >= 0.6 is 0 Å². The van der Waals surface area contributed by atoms with Gasteiger partial charge in [-0.1, -0.05) is 18.2 Å². The van der Waals surface area contributed by atoms with Crippen LogP contribution in [0.1, 0.15) is 34.3 Å². The fourth-order valence-corrected chi connectivity index (χ4v) is 7.34. The van der Waals surface area contributed by atoms with E-state index in [4.69, 9.17) is 0 Å². The Labute approximate surface area is 205 Å². The minimum absolute atomic E-state index is 0.264. The second-order valence-corrected chi connectivity index (χ2v) is 9.91. The number of halogens is 2. The molecule has 7 rings (SSSR count). The highest BCUT2D eigenvalue weighted by Gasteiger charge is 2.81. The first-order valence-corrected chi connectivity index (χ1v) is 12.0. The van der Waals surface area contributed by atoms with Gasteiger partial charge in [-0.15, -0.1) is 0 Å². The van der Waals surface area contributed by atoms with Gasteiger partial charge in [-0.2, -0.15) is 0 Å². The summed E-state index contributed by atoms with van der Waals surface area (Å²) in [5, 5.41) is 5.82. The van der Waals surface area contributed by atoms with Crippen molar-refractivity contribution in [3.05, 3.63) is 95.1 Å². The monoisotopic (exact) mass is 485 g/mol.